The van der Waals surface area contributed by atoms with Crippen molar-refractivity contribution in [2.75, 3.05) is 0 Å². The molecule has 2 atom stereocenters. The summed E-state index contributed by atoms with van der Waals surface area (Å²) in [5.41, 5.74) is -0.496. The number of allylic oxidation sites excluding steroid dienone is 1. The quantitative estimate of drug-likeness (QED) is 0.673. The van der Waals surface area contributed by atoms with Gasteiger partial charge in [-0.25, -0.2) is 4.39 Å². The largest absolute Gasteiger partial charge is 0.348 e. The number of amides is 1. The topological polar surface area (TPSA) is 50.7 Å². The molecule has 0 fully saturated rings. The van der Waals surface area contributed by atoms with E-state index in [9.17, 15) is 9.18 Å². The number of rotatable bonds is 8. The van der Waals surface area contributed by atoms with Gasteiger partial charge in [-0.15, -0.1) is 0 Å². The third-order valence-corrected chi connectivity index (χ3v) is 5.31. The van der Waals surface area contributed by atoms with Gasteiger partial charge in [0.15, 0.2) is 5.72 Å². The molecule has 1 amide bonds. The first-order chi connectivity index (χ1) is 13.9. The van der Waals surface area contributed by atoms with Crippen LogP contribution >= 0.6 is 0 Å². The van der Waals surface area contributed by atoms with Gasteiger partial charge in [0.1, 0.15) is 11.4 Å². The van der Waals surface area contributed by atoms with Crippen molar-refractivity contribution in [1.82, 2.24) is 5.32 Å². The van der Waals surface area contributed by atoms with Crippen LogP contribution in [0, 0.1) is 11.7 Å². The second-order valence-electron chi connectivity index (χ2n) is 7.68. The fraction of sp³-hybridized carbons (Fsp3) is 0.333. The summed E-state index contributed by atoms with van der Waals surface area (Å²) in [5, 5.41) is 3.04. The first-order valence-corrected chi connectivity index (χ1v) is 9.82. The fourth-order valence-corrected chi connectivity index (χ4v) is 3.93. The second kappa shape index (κ2) is 8.70. The van der Waals surface area contributed by atoms with Crippen molar-refractivity contribution in [3.05, 3.63) is 83.7 Å². The van der Waals surface area contributed by atoms with Crippen molar-refractivity contribution in [2.45, 2.75) is 45.1 Å². The van der Waals surface area contributed by atoms with Gasteiger partial charge in [-0.2, -0.15) is 0 Å². The summed E-state index contributed by atoms with van der Waals surface area (Å²) in [4.78, 5) is 17.0. The second-order valence-corrected chi connectivity index (χ2v) is 7.68. The molecule has 0 aromatic heterocycles. The van der Waals surface area contributed by atoms with Gasteiger partial charge in [0, 0.05) is 31.0 Å². The zero-order chi connectivity index (χ0) is 20.9. The number of halogens is 1. The Hall–Kier alpha value is -2.79. The minimum atomic E-state index is -1.15. The van der Waals surface area contributed by atoms with Crippen molar-refractivity contribution < 1.29 is 13.9 Å². The van der Waals surface area contributed by atoms with Crippen LogP contribution in [0.1, 0.15) is 31.9 Å². The van der Waals surface area contributed by atoms with Crippen LogP contribution in [0.4, 0.5) is 4.39 Å². The monoisotopic (exact) mass is 394 g/mol. The van der Waals surface area contributed by atoms with Crippen LogP contribution in [0.3, 0.4) is 0 Å². The zero-order valence-electron chi connectivity index (χ0n) is 17.1. The van der Waals surface area contributed by atoms with Crippen LogP contribution in [-0.2, 0) is 22.6 Å². The molecule has 0 spiro atoms. The van der Waals surface area contributed by atoms with E-state index in [1.165, 1.54) is 13.0 Å². The highest BCUT2D eigenvalue weighted by atomic mass is 19.1. The number of aliphatic imine (C=N–C) groups is 1. The molecule has 5 heteroatoms. The van der Waals surface area contributed by atoms with Crippen molar-refractivity contribution in [3.8, 4) is 0 Å². The fourth-order valence-electron chi connectivity index (χ4n) is 3.93. The molecule has 2 unspecified atom stereocenters. The van der Waals surface area contributed by atoms with E-state index < -0.39 is 11.3 Å². The van der Waals surface area contributed by atoms with Gasteiger partial charge in [-0.3, -0.25) is 9.79 Å². The Morgan fingerprint density at radius 3 is 2.45 bits per heavy atom. The van der Waals surface area contributed by atoms with Crippen LogP contribution in [0.5, 0.6) is 0 Å². The van der Waals surface area contributed by atoms with E-state index in [0.717, 1.165) is 5.56 Å². The number of ether oxygens (including phenoxy) is 1. The molecule has 0 saturated heterocycles. The third kappa shape index (κ3) is 4.30. The molecule has 0 bridgehead atoms. The van der Waals surface area contributed by atoms with Gasteiger partial charge in [0.25, 0.3) is 0 Å². The Morgan fingerprint density at radius 2 is 1.86 bits per heavy atom. The lowest BCUT2D eigenvalue weighted by Crippen LogP contribution is -2.67. The van der Waals surface area contributed by atoms with Gasteiger partial charge >= 0.3 is 0 Å². The smallest absolute Gasteiger partial charge is 0.219 e. The Labute approximate surface area is 171 Å². The average Bonchev–Trinajstić information content (AvgIpc) is 3.16. The summed E-state index contributed by atoms with van der Waals surface area (Å²) < 4.78 is 20.6. The van der Waals surface area contributed by atoms with E-state index >= 15 is 0 Å². The lowest BCUT2D eigenvalue weighted by molar-refractivity contribution is -0.161. The minimum Gasteiger partial charge on any atom is -0.348 e. The maximum Gasteiger partial charge on any atom is 0.219 e. The summed E-state index contributed by atoms with van der Waals surface area (Å²) in [6, 6.07) is 16.5. The summed E-state index contributed by atoms with van der Waals surface area (Å²) >= 11 is 0. The molecule has 0 aliphatic carbocycles. The van der Waals surface area contributed by atoms with E-state index in [1.54, 1.807) is 24.4 Å². The minimum absolute atomic E-state index is 0.0189. The molecule has 4 nitrogen and oxygen atoms in total. The van der Waals surface area contributed by atoms with Crippen LogP contribution in [0.2, 0.25) is 0 Å². The van der Waals surface area contributed by atoms with Crippen molar-refractivity contribution in [1.29, 1.82) is 0 Å². The number of carbonyl (C=O) groups is 1. The molecule has 29 heavy (non-hydrogen) atoms. The van der Waals surface area contributed by atoms with Crippen molar-refractivity contribution in [2.24, 2.45) is 10.9 Å². The number of nitrogens with zero attached hydrogens (tertiary/aromatic N) is 1. The molecule has 1 heterocycles. The predicted molar refractivity (Wildman–Crippen MR) is 113 cm³/mol. The van der Waals surface area contributed by atoms with Crippen LogP contribution in [-0.4, -0.2) is 23.4 Å². The predicted octanol–water partition coefficient (Wildman–Crippen LogP) is 4.45. The number of hydrogen-bond donors (Lipinski definition) is 1. The Morgan fingerprint density at radius 1 is 1.17 bits per heavy atom. The molecule has 0 saturated carbocycles. The molecule has 3 rings (SSSR count). The molecule has 1 N–H and O–H groups in total. The van der Waals surface area contributed by atoms with Crippen LogP contribution < -0.4 is 5.32 Å². The molecule has 0 radical (unpaired) electrons. The Bertz CT molecular complexity index is 896. The maximum absolute atomic E-state index is 14.2. The molecule has 152 valence electrons. The Balaban J connectivity index is 2.04. The zero-order valence-corrected chi connectivity index (χ0v) is 17.1. The summed E-state index contributed by atoms with van der Waals surface area (Å²) in [6.07, 6.45) is 6.11. The highest BCUT2D eigenvalue weighted by molar-refractivity contribution is 5.78. The summed E-state index contributed by atoms with van der Waals surface area (Å²) in [6.45, 7) is 5.44. The van der Waals surface area contributed by atoms with Gasteiger partial charge in [0.05, 0.1) is 6.61 Å². The third-order valence-electron chi connectivity index (χ3n) is 5.31. The number of benzene rings is 2. The molecular weight excluding hydrogens is 367 g/mol. The SMILES string of the molecule is CC(=O)NC(OCc1ccccc1F)(C(C)C)C1(Cc2ccccc2)C=CC=N1. The highest BCUT2D eigenvalue weighted by Gasteiger charge is 2.55. The van der Waals surface area contributed by atoms with E-state index in [0.29, 0.717) is 12.0 Å². The number of nitrogens with one attached hydrogen (secondary N) is 1. The highest BCUT2D eigenvalue weighted by Crippen LogP contribution is 2.41. The lowest BCUT2D eigenvalue weighted by Gasteiger charge is -2.48. The van der Waals surface area contributed by atoms with Crippen LogP contribution in [0.15, 0.2) is 71.7 Å². The lowest BCUT2D eigenvalue weighted by atomic mass is 9.75. The number of carbonyl (C=O) groups excluding carboxylic acids is 1. The number of hydrogen-bond acceptors (Lipinski definition) is 3. The van der Waals surface area contributed by atoms with Gasteiger partial charge in [0.2, 0.25) is 5.91 Å². The maximum atomic E-state index is 14.2. The first-order valence-electron chi connectivity index (χ1n) is 9.82. The van der Waals surface area contributed by atoms with Crippen molar-refractivity contribution in [3.63, 3.8) is 0 Å². The Kier molecular flexibility index (Phi) is 6.28. The summed E-state index contributed by atoms with van der Waals surface area (Å²) in [7, 11) is 0. The van der Waals surface area contributed by atoms with E-state index in [4.69, 9.17) is 9.73 Å². The first kappa shape index (κ1) is 20.9. The van der Waals surface area contributed by atoms with Crippen LogP contribution in [0.25, 0.3) is 0 Å². The van der Waals surface area contributed by atoms with Gasteiger partial charge < -0.3 is 10.1 Å². The molecule has 1 aliphatic rings. The average molecular weight is 394 g/mol. The molecular formula is C24H27FN2O2. The summed E-state index contributed by atoms with van der Waals surface area (Å²) in [5.74, 6) is -0.701. The van der Waals surface area contributed by atoms with E-state index in [-0.39, 0.29) is 24.2 Å². The van der Waals surface area contributed by atoms with Gasteiger partial charge in [-0.05, 0) is 17.7 Å². The van der Waals surface area contributed by atoms with E-state index in [2.05, 4.69) is 5.32 Å². The molecule has 1 aliphatic heterocycles. The van der Waals surface area contributed by atoms with Gasteiger partial charge in [-0.1, -0.05) is 68.5 Å². The van der Waals surface area contributed by atoms with E-state index in [1.807, 2.05) is 56.3 Å². The standard InChI is InChI=1S/C24H27FN2O2/c1-18(2)24(27-19(3)28,29-17-21-12-7-8-13-22(21)25)23(14-9-15-26-23)16-20-10-5-4-6-11-20/h4-15,18H,16-17H2,1-3H3,(H,27,28). The van der Waals surface area contributed by atoms with Crippen molar-refractivity contribution >= 4 is 12.1 Å². The molecule has 2 aromatic carbocycles. The molecule has 2 aromatic rings. The normalized spacial score (nSPS) is 20.0.